The first-order valence-corrected chi connectivity index (χ1v) is 4.36. The summed E-state index contributed by atoms with van der Waals surface area (Å²) in [6, 6.07) is 0. The highest BCUT2D eigenvalue weighted by Gasteiger charge is 2.32. The molecular weight excluding hydrogens is 187 g/mol. The van der Waals surface area contributed by atoms with Crippen LogP contribution in [0.2, 0.25) is 0 Å². The fraction of sp³-hybridized carbons (Fsp3) is 1.00. The summed E-state index contributed by atoms with van der Waals surface area (Å²) in [6.07, 6.45) is -4.71. The van der Waals surface area contributed by atoms with Gasteiger partial charge in [0.2, 0.25) is 6.85 Å². The van der Waals surface area contributed by atoms with Crippen LogP contribution in [-0.2, 0) is 4.52 Å². The predicted molar refractivity (Wildman–Crippen MR) is 25.8 cm³/mol. The van der Waals surface area contributed by atoms with Crippen LogP contribution in [0.15, 0.2) is 0 Å². The Morgan fingerprint density at radius 2 is 1.62 bits per heavy atom. The van der Waals surface area contributed by atoms with Crippen LogP contribution < -0.4 is 0 Å². The number of alkyl halides is 3. The van der Waals surface area contributed by atoms with Crippen molar-refractivity contribution in [2.75, 3.05) is 0 Å². The Morgan fingerprint density at radius 3 is 1.62 bits per heavy atom. The second kappa shape index (κ2) is 3.06. The molecule has 0 atom stereocenters. The number of rotatable bonds is 1. The van der Waals surface area contributed by atoms with Crippen molar-refractivity contribution in [2.45, 2.75) is 6.36 Å². The van der Waals surface area contributed by atoms with E-state index in [1.54, 1.807) is 0 Å². The van der Waals surface area contributed by atoms with E-state index < -0.39 is 13.2 Å². The number of halogens is 5. The van der Waals surface area contributed by atoms with Gasteiger partial charge in [-0.05, 0) is 22.5 Å². The van der Waals surface area contributed by atoms with E-state index in [-0.39, 0.29) is 0 Å². The maximum Gasteiger partial charge on any atom is 0.527 e. The lowest BCUT2D eigenvalue weighted by molar-refractivity contribution is -0.269. The maximum atomic E-state index is 10.9. The van der Waals surface area contributed by atoms with E-state index in [1.807, 2.05) is 0 Å². The summed E-state index contributed by atoms with van der Waals surface area (Å²) in [5.41, 5.74) is 0. The maximum absolute atomic E-state index is 10.9. The summed E-state index contributed by atoms with van der Waals surface area (Å²) >= 11 is 9.30. The van der Waals surface area contributed by atoms with Crippen LogP contribution in [0.4, 0.5) is 13.2 Å². The van der Waals surface area contributed by atoms with Crippen molar-refractivity contribution in [2.24, 2.45) is 0 Å². The highest BCUT2D eigenvalue weighted by Crippen LogP contribution is 2.52. The average Bonchev–Trinajstić information content (AvgIpc) is 1.21. The molecule has 0 amide bonds. The Kier molecular flexibility index (Phi) is 3.35. The molecule has 0 spiro atoms. The van der Waals surface area contributed by atoms with Gasteiger partial charge in [-0.15, -0.1) is 13.2 Å². The second-order valence-electron chi connectivity index (χ2n) is 0.739. The molecule has 0 aliphatic carbocycles. The molecule has 0 aromatic heterocycles. The molecule has 0 rings (SSSR count). The van der Waals surface area contributed by atoms with Crippen molar-refractivity contribution in [3.8, 4) is 0 Å². The Hall–Kier alpha value is 0.760. The van der Waals surface area contributed by atoms with Crippen LogP contribution >= 0.6 is 29.3 Å². The lowest BCUT2D eigenvalue weighted by Gasteiger charge is -2.04. The van der Waals surface area contributed by atoms with Gasteiger partial charge in [0.25, 0.3) is 0 Å². The zero-order valence-electron chi connectivity index (χ0n) is 3.25. The molecule has 8 heavy (non-hydrogen) atoms. The Balaban J connectivity index is 3.39. The third-order valence-electron chi connectivity index (χ3n) is 0.173. The molecular formula is CCl2F3OP. The standard InChI is InChI=1S/CCl2F3OP/c2-8(3)7-1(4,5)6. The molecule has 7 heteroatoms. The summed E-state index contributed by atoms with van der Waals surface area (Å²) in [6.45, 7) is -2.37. The van der Waals surface area contributed by atoms with Gasteiger partial charge in [0, 0.05) is 0 Å². The fourth-order valence-corrected chi connectivity index (χ4v) is 0.704. The molecule has 0 aromatic rings. The first kappa shape index (κ1) is 8.76. The van der Waals surface area contributed by atoms with Crippen molar-refractivity contribution in [3.63, 3.8) is 0 Å². The molecule has 1 nitrogen and oxygen atoms in total. The third-order valence-corrected chi connectivity index (χ3v) is 0.932. The molecule has 0 bridgehead atoms. The molecule has 0 aromatic carbocycles. The van der Waals surface area contributed by atoms with E-state index in [0.29, 0.717) is 0 Å². The fourth-order valence-electron chi connectivity index (χ4n) is 0.0782. The van der Waals surface area contributed by atoms with Crippen LogP contribution in [0, 0.1) is 0 Å². The quantitative estimate of drug-likeness (QED) is 0.572. The van der Waals surface area contributed by atoms with E-state index in [4.69, 9.17) is 0 Å². The number of hydrogen-bond acceptors (Lipinski definition) is 1. The van der Waals surface area contributed by atoms with E-state index in [9.17, 15) is 13.2 Å². The Labute approximate surface area is 54.1 Å². The molecule has 0 aliphatic rings. The number of hydrogen-bond donors (Lipinski definition) is 0. The lowest BCUT2D eigenvalue weighted by Crippen LogP contribution is -2.06. The smallest absolute Gasteiger partial charge is 0.237 e. The Morgan fingerprint density at radius 1 is 1.25 bits per heavy atom. The van der Waals surface area contributed by atoms with Crippen molar-refractivity contribution in [3.05, 3.63) is 0 Å². The van der Waals surface area contributed by atoms with Gasteiger partial charge < -0.3 is 0 Å². The average molecular weight is 187 g/mol. The SMILES string of the molecule is FC(F)(F)OP(Cl)Cl. The van der Waals surface area contributed by atoms with E-state index in [1.165, 1.54) is 0 Å². The van der Waals surface area contributed by atoms with Crippen molar-refractivity contribution < 1.29 is 17.7 Å². The van der Waals surface area contributed by atoms with Gasteiger partial charge >= 0.3 is 6.36 Å². The molecule has 0 N–H and O–H groups in total. The molecule has 50 valence electrons. The molecule has 0 unspecified atom stereocenters. The van der Waals surface area contributed by atoms with E-state index in [2.05, 4.69) is 27.0 Å². The molecule has 0 radical (unpaired) electrons. The third kappa shape index (κ3) is 6.76. The van der Waals surface area contributed by atoms with Gasteiger partial charge in [-0.2, -0.15) is 0 Å². The monoisotopic (exact) mass is 186 g/mol. The highest BCUT2D eigenvalue weighted by atomic mass is 35.9. The van der Waals surface area contributed by atoms with Crippen LogP contribution in [0.25, 0.3) is 0 Å². The molecule has 0 aliphatic heterocycles. The normalized spacial score (nSPS) is 12.8. The highest BCUT2D eigenvalue weighted by molar-refractivity contribution is 8.00. The van der Waals surface area contributed by atoms with Gasteiger partial charge in [0.05, 0.1) is 0 Å². The summed E-state index contributed by atoms with van der Waals surface area (Å²) in [4.78, 5) is 0. The molecule has 0 fully saturated rings. The van der Waals surface area contributed by atoms with Gasteiger partial charge in [0.1, 0.15) is 0 Å². The molecule has 0 heterocycles. The summed E-state index contributed by atoms with van der Waals surface area (Å²) in [5.74, 6) is 0. The summed E-state index contributed by atoms with van der Waals surface area (Å²) < 4.78 is 35.8. The lowest BCUT2D eigenvalue weighted by atomic mass is 11.4. The minimum Gasteiger partial charge on any atom is -0.237 e. The van der Waals surface area contributed by atoms with Crippen LogP contribution in [-0.4, -0.2) is 6.36 Å². The summed E-state index contributed by atoms with van der Waals surface area (Å²) in [7, 11) is 0. The van der Waals surface area contributed by atoms with Crippen molar-refractivity contribution in [1.82, 2.24) is 0 Å². The second-order valence-corrected chi connectivity index (χ2v) is 3.69. The predicted octanol–water partition coefficient (Wildman–Crippen LogP) is 3.23. The molecule has 0 saturated heterocycles. The molecule has 0 saturated carbocycles. The van der Waals surface area contributed by atoms with Gasteiger partial charge in [-0.1, -0.05) is 0 Å². The van der Waals surface area contributed by atoms with Crippen LogP contribution in [0.5, 0.6) is 0 Å². The van der Waals surface area contributed by atoms with Gasteiger partial charge in [-0.3, -0.25) is 0 Å². The van der Waals surface area contributed by atoms with Gasteiger partial charge in [0.15, 0.2) is 0 Å². The van der Waals surface area contributed by atoms with Gasteiger partial charge in [-0.25, -0.2) is 4.52 Å². The van der Waals surface area contributed by atoms with Crippen molar-refractivity contribution >= 4 is 29.3 Å². The zero-order chi connectivity index (χ0) is 6.78. The van der Waals surface area contributed by atoms with E-state index in [0.717, 1.165) is 0 Å². The first-order valence-electron chi connectivity index (χ1n) is 1.29. The minimum absolute atomic E-state index is 2.37. The summed E-state index contributed by atoms with van der Waals surface area (Å²) in [5, 5.41) is 0. The minimum atomic E-state index is -4.71. The first-order chi connectivity index (χ1) is 3.42. The topological polar surface area (TPSA) is 9.23 Å². The zero-order valence-corrected chi connectivity index (χ0v) is 5.65. The van der Waals surface area contributed by atoms with Crippen LogP contribution in [0.1, 0.15) is 0 Å². The van der Waals surface area contributed by atoms with Crippen LogP contribution in [0.3, 0.4) is 0 Å². The Bertz CT molecular complexity index is 72.2. The largest absolute Gasteiger partial charge is 0.527 e. The van der Waals surface area contributed by atoms with E-state index >= 15 is 0 Å². The van der Waals surface area contributed by atoms with Crippen molar-refractivity contribution in [1.29, 1.82) is 0 Å².